The Labute approximate surface area is 106 Å². The van der Waals surface area contributed by atoms with Gasteiger partial charge >= 0.3 is 0 Å². The summed E-state index contributed by atoms with van der Waals surface area (Å²) in [5, 5.41) is 3.52. The van der Waals surface area contributed by atoms with Gasteiger partial charge in [-0.3, -0.25) is 4.79 Å². The van der Waals surface area contributed by atoms with Gasteiger partial charge in [0.05, 0.1) is 0 Å². The fourth-order valence-electron chi connectivity index (χ4n) is 2.38. The van der Waals surface area contributed by atoms with E-state index in [2.05, 4.69) is 33.0 Å². The molecule has 1 rings (SSSR count). The summed E-state index contributed by atoms with van der Waals surface area (Å²) in [6, 6.07) is 0.812. The summed E-state index contributed by atoms with van der Waals surface area (Å²) in [4.78, 5) is 14.2. The number of carbonyl (C=O) groups is 1. The minimum Gasteiger partial charge on any atom is -0.339 e. The Morgan fingerprint density at radius 3 is 2.47 bits per heavy atom. The van der Waals surface area contributed by atoms with Gasteiger partial charge in [-0.25, -0.2) is 0 Å². The Bertz CT molecular complexity index is 232. The average molecular weight is 240 g/mol. The second kappa shape index (κ2) is 7.00. The van der Waals surface area contributed by atoms with Crippen molar-refractivity contribution in [3.05, 3.63) is 0 Å². The summed E-state index contributed by atoms with van der Waals surface area (Å²) in [5.74, 6) is 0.755. The highest BCUT2D eigenvalue weighted by atomic mass is 16.2. The lowest BCUT2D eigenvalue weighted by Gasteiger charge is -2.33. The Hall–Kier alpha value is -0.570. The molecule has 1 unspecified atom stereocenters. The minimum atomic E-state index is 0.308. The van der Waals surface area contributed by atoms with Gasteiger partial charge in [-0.05, 0) is 39.2 Å². The number of piperidine rings is 1. The van der Waals surface area contributed by atoms with Crippen LogP contribution in [0.3, 0.4) is 0 Å². The van der Waals surface area contributed by atoms with Crippen molar-refractivity contribution in [3.8, 4) is 0 Å². The first kappa shape index (κ1) is 14.5. The van der Waals surface area contributed by atoms with Crippen LogP contribution in [0.1, 0.15) is 53.4 Å². The molecule has 1 fully saturated rings. The number of hydrogen-bond donors (Lipinski definition) is 1. The monoisotopic (exact) mass is 240 g/mol. The molecule has 1 aliphatic heterocycles. The smallest absolute Gasteiger partial charge is 0.223 e. The molecule has 3 heteroatoms. The molecule has 0 saturated carbocycles. The van der Waals surface area contributed by atoms with E-state index in [1.807, 2.05) is 4.90 Å². The zero-order valence-electron chi connectivity index (χ0n) is 11.8. The Balaban J connectivity index is 2.49. The summed E-state index contributed by atoms with van der Waals surface area (Å²) in [6.45, 7) is 10.4. The lowest BCUT2D eigenvalue weighted by molar-refractivity contribution is -0.134. The van der Waals surface area contributed by atoms with Crippen LogP contribution in [0.15, 0.2) is 0 Å². The summed E-state index contributed by atoms with van der Waals surface area (Å²) >= 11 is 0. The van der Waals surface area contributed by atoms with Gasteiger partial charge in [0.25, 0.3) is 0 Å². The fraction of sp³-hybridized carbons (Fsp3) is 0.929. The second-order valence-corrected chi connectivity index (χ2v) is 5.88. The summed E-state index contributed by atoms with van der Waals surface area (Å²) in [6.07, 6.45) is 4.45. The molecule has 0 aliphatic carbocycles. The van der Waals surface area contributed by atoms with Crippen LogP contribution < -0.4 is 5.32 Å². The highest BCUT2D eigenvalue weighted by Gasteiger charge is 2.22. The maximum Gasteiger partial charge on any atom is 0.223 e. The number of nitrogens with one attached hydrogen (secondary N) is 1. The van der Waals surface area contributed by atoms with Crippen LogP contribution in [-0.2, 0) is 4.79 Å². The van der Waals surface area contributed by atoms with Gasteiger partial charge < -0.3 is 10.2 Å². The van der Waals surface area contributed by atoms with Crippen molar-refractivity contribution < 1.29 is 4.79 Å². The van der Waals surface area contributed by atoms with E-state index >= 15 is 0 Å². The van der Waals surface area contributed by atoms with Gasteiger partial charge in [0, 0.05) is 25.0 Å². The summed E-state index contributed by atoms with van der Waals surface area (Å²) in [5.41, 5.74) is 0. The maximum absolute atomic E-state index is 12.2. The van der Waals surface area contributed by atoms with Crippen LogP contribution in [-0.4, -0.2) is 36.0 Å². The quantitative estimate of drug-likeness (QED) is 0.800. The van der Waals surface area contributed by atoms with Crippen molar-refractivity contribution in [1.82, 2.24) is 10.2 Å². The molecule has 0 aromatic heterocycles. The molecule has 3 nitrogen and oxygen atoms in total. The molecular formula is C14H28N2O. The zero-order valence-corrected chi connectivity index (χ0v) is 11.8. The van der Waals surface area contributed by atoms with Crippen molar-refractivity contribution in [2.45, 2.75) is 65.5 Å². The van der Waals surface area contributed by atoms with Gasteiger partial charge in [-0.2, -0.15) is 0 Å². The van der Waals surface area contributed by atoms with Crippen molar-refractivity contribution in [3.63, 3.8) is 0 Å². The molecule has 0 spiro atoms. The van der Waals surface area contributed by atoms with Gasteiger partial charge in [0.1, 0.15) is 0 Å². The third kappa shape index (κ3) is 5.07. The molecular weight excluding hydrogens is 212 g/mol. The van der Waals surface area contributed by atoms with E-state index in [-0.39, 0.29) is 0 Å². The number of carbonyl (C=O) groups excluding carboxylic acids is 1. The third-order valence-corrected chi connectivity index (χ3v) is 3.36. The van der Waals surface area contributed by atoms with E-state index in [9.17, 15) is 4.79 Å². The van der Waals surface area contributed by atoms with E-state index in [1.165, 1.54) is 19.3 Å². The molecule has 100 valence electrons. The highest BCUT2D eigenvalue weighted by Crippen LogP contribution is 2.13. The fourth-order valence-corrected chi connectivity index (χ4v) is 2.38. The molecule has 0 radical (unpaired) electrons. The topological polar surface area (TPSA) is 32.3 Å². The SMILES string of the molecule is CC(C)CC(=O)N(CC1CCCCN1)C(C)C. The lowest BCUT2D eigenvalue weighted by atomic mass is 10.0. The van der Waals surface area contributed by atoms with Crippen LogP contribution in [0.4, 0.5) is 0 Å². The molecule has 1 N–H and O–H groups in total. The molecule has 0 aromatic carbocycles. The number of amides is 1. The molecule has 0 aromatic rings. The van der Waals surface area contributed by atoms with Crippen molar-refractivity contribution in [1.29, 1.82) is 0 Å². The molecule has 1 atom stereocenters. The Morgan fingerprint density at radius 1 is 1.29 bits per heavy atom. The zero-order chi connectivity index (χ0) is 12.8. The second-order valence-electron chi connectivity index (χ2n) is 5.88. The molecule has 1 aliphatic rings. The van der Waals surface area contributed by atoms with Crippen LogP contribution in [0.2, 0.25) is 0 Å². The third-order valence-electron chi connectivity index (χ3n) is 3.36. The first-order valence-electron chi connectivity index (χ1n) is 7.03. The van der Waals surface area contributed by atoms with Crippen LogP contribution in [0.25, 0.3) is 0 Å². The van der Waals surface area contributed by atoms with Gasteiger partial charge in [0.2, 0.25) is 5.91 Å². The van der Waals surface area contributed by atoms with E-state index < -0.39 is 0 Å². The molecule has 1 saturated heterocycles. The van der Waals surface area contributed by atoms with E-state index in [0.29, 0.717) is 30.3 Å². The number of nitrogens with zero attached hydrogens (tertiary/aromatic N) is 1. The van der Waals surface area contributed by atoms with Crippen LogP contribution in [0.5, 0.6) is 0 Å². The average Bonchev–Trinajstić information content (AvgIpc) is 2.25. The molecule has 17 heavy (non-hydrogen) atoms. The van der Waals surface area contributed by atoms with Gasteiger partial charge in [0.15, 0.2) is 0 Å². The number of hydrogen-bond acceptors (Lipinski definition) is 2. The largest absolute Gasteiger partial charge is 0.339 e. The predicted molar refractivity (Wildman–Crippen MR) is 71.9 cm³/mol. The summed E-state index contributed by atoms with van der Waals surface area (Å²) < 4.78 is 0. The van der Waals surface area contributed by atoms with E-state index in [4.69, 9.17) is 0 Å². The standard InChI is InChI=1S/C14H28N2O/c1-11(2)9-14(17)16(12(3)4)10-13-7-5-6-8-15-13/h11-13,15H,5-10H2,1-4H3. The highest BCUT2D eigenvalue weighted by molar-refractivity contribution is 5.76. The Morgan fingerprint density at radius 2 is 2.00 bits per heavy atom. The van der Waals surface area contributed by atoms with Gasteiger partial charge in [-0.1, -0.05) is 20.3 Å². The van der Waals surface area contributed by atoms with Crippen molar-refractivity contribution in [2.75, 3.05) is 13.1 Å². The lowest BCUT2D eigenvalue weighted by Crippen LogP contribution is -2.48. The van der Waals surface area contributed by atoms with Gasteiger partial charge in [-0.15, -0.1) is 0 Å². The van der Waals surface area contributed by atoms with E-state index in [1.54, 1.807) is 0 Å². The van der Waals surface area contributed by atoms with E-state index in [0.717, 1.165) is 13.1 Å². The van der Waals surface area contributed by atoms with Crippen molar-refractivity contribution >= 4 is 5.91 Å². The molecule has 1 amide bonds. The Kier molecular flexibility index (Phi) is 5.96. The molecule has 0 bridgehead atoms. The van der Waals surface area contributed by atoms with Crippen LogP contribution in [0, 0.1) is 5.92 Å². The summed E-state index contributed by atoms with van der Waals surface area (Å²) in [7, 11) is 0. The maximum atomic E-state index is 12.2. The first-order valence-corrected chi connectivity index (χ1v) is 7.03. The first-order chi connectivity index (χ1) is 8.00. The van der Waals surface area contributed by atoms with Crippen molar-refractivity contribution in [2.24, 2.45) is 5.92 Å². The normalized spacial score (nSPS) is 20.9. The molecule has 1 heterocycles. The van der Waals surface area contributed by atoms with Crippen LogP contribution >= 0.6 is 0 Å². The predicted octanol–water partition coefficient (Wildman–Crippen LogP) is 2.41. The number of rotatable bonds is 5. The minimum absolute atomic E-state index is 0.308.